The molecule has 0 aromatic heterocycles. The molecule has 2 N–H and O–H groups in total. The van der Waals surface area contributed by atoms with E-state index in [1.807, 2.05) is 0 Å². The highest BCUT2D eigenvalue weighted by Crippen LogP contribution is 2.42. The van der Waals surface area contributed by atoms with E-state index in [-0.39, 0.29) is 17.7 Å². The summed E-state index contributed by atoms with van der Waals surface area (Å²) in [6.07, 6.45) is -0.186. The van der Waals surface area contributed by atoms with Crippen molar-refractivity contribution >= 4 is 17.3 Å². The van der Waals surface area contributed by atoms with Crippen LogP contribution in [0.3, 0.4) is 0 Å². The first-order valence-electron chi connectivity index (χ1n) is 8.79. The van der Waals surface area contributed by atoms with E-state index in [1.54, 1.807) is 24.3 Å². The SMILES string of the molecule is C[N+](C)(c1ccccc1CC(N)=O)c1c(F)c(F)c(-c2ccccc2)c(F)c1F. The van der Waals surface area contributed by atoms with Crippen LogP contribution < -0.4 is 10.2 Å². The lowest BCUT2D eigenvalue weighted by Gasteiger charge is -2.31. The minimum atomic E-state index is -1.50. The molecule has 29 heavy (non-hydrogen) atoms. The summed E-state index contributed by atoms with van der Waals surface area (Å²) in [5.41, 5.74) is 4.38. The van der Waals surface area contributed by atoms with Crippen molar-refractivity contribution in [1.82, 2.24) is 4.48 Å². The summed E-state index contributed by atoms with van der Waals surface area (Å²) >= 11 is 0. The summed E-state index contributed by atoms with van der Waals surface area (Å²) in [5.74, 6) is -6.61. The van der Waals surface area contributed by atoms with E-state index in [0.717, 1.165) is 0 Å². The van der Waals surface area contributed by atoms with Gasteiger partial charge < -0.3 is 5.73 Å². The quantitative estimate of drug-likeness (QED) is 0.370. The number of hydrogen-bond donors (Lipinski definition) is 1. The number of para-hydroxylation sites is 1. The number of rotatable bonds is 5. The van der Waals surface area contributed by atoms with E-state index >= 15 is 8.78 Å². The smallest absolute Gasteiger partial charge is 0.223 e. The molecule has 3 rings (SSSR count). The summed E-state index contributed by atoms with van der Waals surface area (Å²) in [6, 6.07) is 13.7. The first kappa shape index (κ1) is 20.5. The molecule has 3 nitrogen and oxygen atoms in total. The van der Waals surface area contributed by atoms with Crippen LogP contribution in [-0.2, 0) is 11.2 Å². The minimum Gasteiger partial charge on any atom is -0.369 e. The van der Waals surface area contributed by atoms with Crippen molar-refractivity contribution in [2.75, 3.05) is 14.1 Å². The van der Waals surface area contributed by atoms with Crippen LogP contribution in [-0.4, -0.2) is 20.0 Å². The molecule has 0 aliphatic heterocycles. The summed E-state index contributed by atoms with van der Waals surface area (Å²) in [7, 11) is 2.75. The Hall–Kier alpha value is -3.19. The molecule has 0 bridgehead atoms. The molecule has 0 aliphatic carbocycles. The van der Waals surface area contributed by atoms with Crippen molar-refractivity contribution in [3.8, 4) is 11.1 Å². The van der Waals surface area contributed by atoms with E-state index in [0.29, 0.717) is 5.56 Å². The molecule has 0 saturated carbocycles. The van der Waals surface area contributed by atoms with Gasteiger partial charge in [-0.05, 0) is 11.6 Å². The zero-order valence-corrected chi connectivity index (χ0v) is 15.8. The zero-order chi connectivity index (χ0) is 21.3. The number of benzene rings is 3. The molecule has 0 radical (unpaired) electrons. The lowest BCUT2D eigenvalue weighted by Crippen LogP contribution is -2.38. The van der Waals surface area contributed by atoms with Gasteiger partial charge in [-0.1, -0.05) is 48.5 Å². The van der Waals surface area contributed by atoms with Crippen molar-refractivity contribution in [1.29, 1.82) is 0 Å². The maximum Gasteiger partial charge on any atom is 0.223 e. The first-order chi connectivity index (χ1) is 13.7. The van der Waals surface area contributed by atoms with Gasteiger partial charge in [0.1, 0.15) is 5.69 Å². The van der Waals surface area contributed by atoms with Crippen molar-refractivity contribution in [3.63, 3.8) is 0 Å². The Morgan fingerprint density at radius 1 is 0.828 bits per heavy atom. The fourth-order valence-electron chi connectivity index (χ4n) is 3.48. The minimum absolute atomic E-state index is 0.0197. The molecule has 0 fully saturated rings. The van der Waals surface area contributed by atoms with Crippen molar-refractivity contribution < 1.29 is 22.4 Å². The number of carbonyl (C=O) groups excluding carboxylic acids is 1. The van der Waals surface area contributed by atoms with E-state index in [9.17, 15) is 13.6 Å². The Labute approximate surface area is 165 Å². The maximum absolute atomic E-state index is 15.1. The van der Waals surface area contributed by atoms with E-state index in [4.69, 9.17) is 5.73 Å². The van der Waals surface area contributed by atoms with Gasteiger partial charge in [-0.15, -0.1) is 0 Å². The maximum atomic E-state index is 15.1. The second-order valence-electron chi connectivity index (χ2n) is 7.07. The van der Waals surface area contributed by atoms with Crippen LogP contribution in [0.2, 0.25) is 0 Å². The molecule has 0 heterocycles. The molecule has 7 heteroatoms. The second-order valence-corrected chi connectivity index (χ2v) is 7.07. The summed E-state index contributed by atoms with van der Waals surface area (Å²) < 4.78 is 59.2. The Bertz CT molecular complexity index is 1050. The molecule has 0 spiro atoms. The van der Waals surface area contributed by atoms with Gasteiger partial charge in [-0.3, -0.25) is 9.28 Å². The van der Waals surface area contributed by atoms with Crippen LogP contribution in [0.25, 0.3) is 11.1 Å². The number of amides is 1. The highest BCUT2D eigenvalue weighted by molar-refractivity contribution is 5.79. The predicted octanol–water partition coefficient (Wildman–Crippen LogP) is 4.84. The van der Waals surface area contributed by atoms with Crippen LogP contribution in [0.15, 0.2) is 54.6 Å². The fraction of sp³-hybridized carbons (Fsp3) is 0.136. The number of nitrogens with two attached hydrogens (primary N) is 1. The summed E-state index contributed by atoms with van der Waals surface area (Å²) in [4.78, 5) is 11.4. The van der Waals surface area contributed by atoms with Crippen LogP contribution in [0.4, 0.5) is 28.9 Å². The van der Waals surface area contributed by atoms with Gasteiger partial charge >= 0.3 is 0 Å². The molecule has 0 atom stereocenters. The Morgan fingerprint density at radius 3 is 1.90 bits per heavy atom. The topological polar surface area (TPSA) is 43.1 Å². The molecule has 1 amide bonds. The lowest BCUT2D eigenvalue weighted by molar-refractivity contribution is -0.117. The van der Waals surface area contributed by atoms with Crippen molar-refractivity contribution in [2.24, 2.45) is 5.73 Å². The Balaban J connectivity index is 2.26. The zero-order valence-electron chi connectivity index (χ0n) is 15.8. The normalized spacial score (nSPS) is 11.5. The number of halogens is 4. The molecule has 0 unspecified atom stereocenters. The fourth-order valence-corrected chi connectivity index (χ4v) is 3.48. The molecular formula is C22H19F4N2O+. The van der Waals surface area contributed by atoms with Crippen LogP contribution in [0, 0.1) is 23.3 Å². The van der Waals surface area contributed by atoms with E-state index < -0.39 is 44.9 Å². The Morgan fingerprint density at radius 2 is 1.34 bits per heavy atom. The van der Waals surface area contributed by atoms with Crippen molar-refractivity contribution in [2.45, 2.75) is 6.42 Å². The first-order valence-corrected chi connectivity index (χ1v) is 8.79. The van der Waals surface area contributed by atoms with Gasteiger partial charge in [0.25, 0.3) is 0 Å². The van der Waals surface area contributed by atoms with E-state index in [2.05, 4.69) is 0 Å². The molecule has 0 saturated heterocycles. The van der Waals surface area contributed by atoms with Gasteiger partial charge in [0.2, 0.25) is 23.2 Å². The molecule has 3 aromatic rings. The molecule has 0 aliphatic rings. The van der Waals surface area contributed by atoms with Gasteiger partial charge in [0.15, 0.2) is 11.6 Å². The highest BCUT2D eigenvalue weighted by Gasteiger charge is 2.38. The van der Waals surface area contributed by atoms with Gasteiger partial charge in [0, 0.05) is 5.56 Å². The highest BCUT2D eigenvalue weighted by atomic mass is 19.2. The number of primary amides is 1. The second kappa shape index (κ2) is 7.67. The average molecular weight is 403 g/mol. The number of nitrogens with zero attached hydrogens (tertiary/aromatic N) is 1. The summed E-state index contributed by atoms with van der Waals surface area (Å²) in [6.45, 7) is 0. The van der Waals surface area contributed by atoms with Crippen molar-refractivity contribution in [3.05, 3.63) is 83.4 Å². The largest absolute Gasteiger partial charge is 0.369 e. The van der Waals surface area contributed by atoms with Gasteiger partial charge in [0.05, 0.1) is 26.1 Å². The lowest BCUT2D eigenvalue weighted by atomic mass is 10.0. The Kier molecular flexibility index (Phi) is 5.44. The number of carbonyl (C=O) groups is 1. The van der Waals surface area contributed by atoms with Crippen LogP contribution >= 0.6 is 0 Å². The average Bonchev–Trinajstić information content (AvgIpc) is 2.67. The number of hydrogen-bond acceptors (Lipinski definition) is 1. The third-order valence-corrected chi connectivity index (χ3v) is 4.82. The van der Waals surface area contributed by atoms with Gasteiger partial charge in [-0.25, -0.2) is 8.78 Å². The number of quaternary nitrogens is 1. The summed E-state index contributed by atoms with van der Waals surface area (Å²) in [5, 5.41) is 0. The molecule has 150 valence electrons. The van der Waals surface area contributed by atoms with Crippen LogP contribution in [0.5, 0.6) is 0 Å². The van der Waals surface area contributed by atoms with E-state index in [1.165, 1.54) is 44.4 Å². The molecule has 3 aromatic carbocycles. The third kappa shape index (κ3) is 3.61. The van der Waals surface area contributed by atoms with Gasteiger partial charge in [-0.2, -0.15) is 8.78 Å². The monoisotopic (exact) mass is 403 g/mol. The standard InChI is InChI=1S/C22H18F4N2O/c1-28(2,15-11-7-6-10-14(15)12-16(27)29)22-20(25)18(23)17(19(24)21(22)26)13-8-4-3-5-9-13/h3-11H,12H2,1-2H3,(H-,27,29)/p+1. The van der Waals surface area contributed by atoms with Crippen LogP contribution in [0.1, 0.15) is 5.56 Å². The third-order valence-electron chi connectivity index (χ3n) is 4.82. The predicted molar refractivity (Wildman–Crippen MR) is 104 cm³/mol. The molecular weight excluding hydrogens is 384 g/mol.